The summed E-state index contributed by atoms with van der Waals surface area (Å²) in [4.78, 5) is 16.7. The summed E-state index contributed by atoms with van der Waals surface area (Å²) >= 11 is 1.89. The number of benzene rings is 2. The third-order valence-electron chi connectivity index (χ3n) is 5.31. The van der Waals surface area contributed by atoms with Crippen molar-refractivity contribution < 1.29 is 15.0 Å². The van der Waals surface area contributed by atoms with E-state index in [9.17, 15) is 9.90 Å². The minimum absolute atomic E-state index is 0.304. The number of fused-ring (bicyclic) bond motifs is 1. The van der Waals surface area contributed by atoms with Gasteiger partial charge in [0.15, 0.2) is 0 Å². The molecule has 4 rings (SSSR count). The zero-order chi connectivity index (χ0) is 20.2. The van der Waals surface area contributed by atoms with Crippen molar-refractivity contribution in [2.24, 2.45) is 0 Å². The molecule has 1 unspecified atom stereocenters. The fourth-order valence-electron chi connectivity index (χ4n) is 3.76. The second-order valence-corrected chi connectivity index (χ2v) is 8.43. The van der Waals surface area contributed by atoms with E-state index in [2.05, 4.69) is 28.1 Å². The van der Waals surface area contributed by atoms with Gasteiger partial charge in [0.2, 0.25) is 0 Å². The summed E-state index contributed by atoms with van der Waals surface area (Å²) < 4.78 is 0. The van der Waals surface area contributed by atoms with Crippen LogP contribution in [0.15, 0.2) is 60.8 Å². The van der Waals surface area contributed by atoms with Crippen LogP contribution in [0.4, 0.5) is 0 Å². The topological polar surface area (TPSA) is 76.6 Å². The summed E-state index contributed by atoms with van der Waals surface area (Å²) in [7, 11) is 0. The van der Waals surface area contributed by atoms with Crippen molar-refractivity contribution in [1.29, 1.82) is 0 Å². The first-order chi connectivity index (χ1) is 14.1. The van der Waals surface area contributed by atoms with Crippen LogP contribution in [0, 0.1) is 0 Å². The summed E-state index contributed by atoms with van der Waals surface area (Å²) in [6, 6.07) is 12.8. The first kappa shape index (κ1) is 19.6. The van der Waals surface area contributed by atoms with Crippen molar-refractivity contribution in [3.8, 4) is 5.75 Å². The molecule has 0 saturated carbocycles. The molecule has 29 heavy (non-hydrogen) atoms. The Labute approximate surface area is 174 Å². The van der Waals surface area contributed by atoms with E-state index in [1.807, 2.05) is 36.2 Å². The van der Waals surface area contributed by atoms with Gasteiger partial charge in [-0.05, 0) is 35.4 Å². The van der Waals surface area contributed by atoms with Crippen LogP contribution in [0.3, 0.4) is 0 Å². The monoisotopic (exact) mass is 408 g/mol. The Morgan fingerprint density at radius 2 is 2.14 bits per heavy atom. The van der Waals surface area contributed by atoms with Gasteiger partial charge in [0.05, 0.1) is 5.56 Å². The summed E-state index contributed by atoms with van der Waals surface area (Å²) in [5.41, 5.74) is 3.53. The fourth-order valence-corrected chi connectivity index (χ4v) is 4.75. The number of aromatic nitrogens is 1. The fraction of sp³-hybridized carbons (Fsp3) is 0.261. The number of carboxylic acids is 1. The molecule has 2 aromatic carbocycles. The molecule has 5 nitrogen and oxygen atoms in total. The number of phenols is 1. The number of nitrogens with one attached hydrogen (secondary N) is 1. The predicted octanol–water partition coefficient (Wildman–Crippen LogP) is 4.46. The van der Waals surface area contributed by atoms with Gasteiger partial charge < -0.3 is 15.2 Å². The Morgan fingerprint density at radius 3 is 2.97 bits per heavy atom. The van der Waals surface area contributed by atoms with Gasteiger partial charge in [-0.15, -0.1) is 0 Å². The van der Waals surface area contributed by atoms with Crippen LogP contribution >= 0.6 is 11.8 Å². The lowest BCUT2D eigenvalue weighted by Crippen LogP contribution is -2.33. The number of H-pyrrole nitrogens is 1. The number of hydrogen-bond donors (Lipinski definition) is 3. The maximum atomic E-state index is 11.1. The molecule has 1 aliphatic rings. The molecule has 0 fully saturated rings. The number of hydrogen-bond acceptors (Lipinski definition) is 4. The first-order valence-electron chi connectivity index (χ1n) is 9.69. The van der Waals surface area contributed by atoms with E-state index in [0.717, 1.165) is 47.6 Å². The third-order valence-corrected chi connectivity index (χ3v) is 6.30. The molecule has 2 heterocycles. The first-order valence-corrected chi connectivity index (χ1v) is 10.8. The van der Waals surface area contributed by atoms with Crippen LogP contribution in [-0.4, -0.2) is 51.5 Å². The van der Waals surface area contributed by atoms with Crippen LogP contribution < -0.4 is 0 Å². The molecule has 0 spiro atoms. The number of aromatic amines is 1. The molecule has 0 amide bonds. The highest BCUT2D eigenvalue weighted by Crippen LogP contribution is 2.26. The second kappa shape index (κ2) is 8.76. The Kier molecular flexibility index (Phi) is 5.92. The van der Waals surface area contributed by atoms with E-state index in [4.69, 9.17) is 5.11 Å². The van der Waals surface area contributed by atoms with Gasteiger partial charge in [-0.3, -0.25) is 4.90 Å². The van der Waals surface area contributed by atoms with Crippen LogP contribution in [0.5, 0.6) is 5.75 Å². The minimum Gasteiger partial charge on any atom is -0.508 e. The molecule has 0 radical (unpaired) electrons. The highest BCUT2D eigenvalue weighted by molar-refractivity contribution is 7.98. The molecule has 150 valence electrons. The molecule has 6 heteroatoms. The number of aromatic carboxylic acids is 1. The number of carboxylic acid groups (broad SMARTS) is 1. The maximum Gasteiger partial charge on any atom is 0.335 e. The summed E-state index contributed by atoms with van der Waals surface area (Å²) in [5.74, 6) is 1.65. The van der Waals surface area contributed by atoms with Crippen molar-refractivity contribution in [1.82, 2.24) is 9.88 Å². The lowest BCUT2D eigenvalue weighted by atomic mass is 9.95. The van der Waals surface area contributed by atoms with Crippen LogP contribution in [0.25, 0.3) is 10.9 Å². The zero-order valence-electron chi connectivity index (χ0n) is 16.0. The van der Waals surface area contributed by atoms with E-state index < -0.39 is 5.97 Å². The zero-order valence-corrected chi connectivity index (χ0v) is 16.9. The standard InChI is InChI=1S/C23H24N2O3S/c26-20-5-1-3-16(11-20)18-4-2-8-25(14-18)9-10-29-15-19-13-24-22-12-17(23(27)28)6-7-21(19)22/h1-7,11-13,18,24,26H,8-10,14-15H2,(H,27,28). The number of phenolic OH excluding ortho intramolecular Hbond substituents is 1. The van der Waals surface area contributed by atoms with Crippen LogP contribution in [-0.2, 0) is 5.75 Å². The number of rotatable bonds is 7. The quantitative estimate of drug-likeness (QED) is 0.397. The Hall–Kier alpha value is -2.70. The molecule has 1 aliphatic heterocycles. The number of carbonyl (C=O) groups is 1. The Bertz CT molecular complexity index is 1040. The molecule has 0 aliphatic carbocycles. The highest BCUT2D eigenvalue weighted by atomic mass is 32.2. The van der Waals surface area contributed by atoms with Crippen LogP contribution in [0.2, 0.25) is 0 Å². The molecule has 0 saturated heterocycles. The van der Waals surface area contributed by atoms with Crippen LogP contribution in [0.1, 0.15) is 27.4 Å². The molecule has 0 bridgehead atoms. The third kappa shape index (κ3) is 4.66. The van der Waals surface area contributed by atoms with E-state index >= 15 is 0 Å². The maximum absolute atomic E-state index is 11.1. The van der Waals surface area contributed by atoms with E-state index in [0.29, 0.717) is 17.2 Å². The van der Waals surface area contributed by atoms with Gasteiger partial charge >= 0.3 is 5.97 Å². The molecular weight excluding hydrogens is 384 g/mol. The SMILES string of the molecule is O=C(O)c1ccc2c(CSCCN3CC=CC(c4cccc(O)c4)C3)c[nH]c2c1. The van der Waals surface area contributed by atoms with Gasteiger partial charge in [0, 0.05) is 54.2 Å². The molecule has 1 atom stereocenters. The normalized spacial score (nSPS) is 17.0. The Morgan fingerprint density at radius 1 is 1.24 bits per heavy atom. The molecule has 3 N–H and O–H groups in total. The summed E-state index contributed by atoms with van der Waals surface area (Å²) in [6.45, 7) is 2.93. The molecule has 1 aromatic heterocycles. The van der Waals surface area contributed by atoms with Crippen molar-refractivity contribution in [2.75, 3.05) is 25.4 Å². The number of nitrogens with zero attached hydrogens (tertiary/aromatic N) is 1. The number of thioether (sulfide) groups is 1. The van der Waals surface area contributed by atoms with E-state index in [-0.39, 0.29) is 0 Å². The Balaban J connectivity index is 1.29. The lowest BCUT2D eigenvalue weighted by molar-refractivity contribution is 0.0697. The average Bonchev–Trinajstić information content (AvgIpc) is 3.14. The smallest absolute Gasteiger partial charge is 0.335 e. The van der Waals surface area contributed by atoms with Gasteiger partial charge in [0.25, 0.3) is 0 Å². The van der Waals surface area contributed by atoms with Gasteiger partial charge in [0.1, 0.15) is 5.75 Å². The van der Waals surface area contributed by atoms with Gasteiger partial charge in [-0.2, -0.15) is 11.8 Å². The van der Waals surface area contributed by atoms with Crippen molar-refractivity contribution in [3.05, 3.63) is 77.5 Å². The predicted molar refractivity (Wildman–Crippen MR) is 118 cm³/mol. The van der Waals surface area contributed by atoms with Gasteiger partial charge in [-0.1, -0.05) is 30.4 Å². The highest BCUT2D eigenvalue weighted by Gasteiger charge is 2.17. The summed E-state index contributed by atoms with van der Waals surface area (Å²) in [6.07, 6.45) is 6.42. The number of aromatic hydroxyl groups is 1. The van der Waals surface area contributed by atoms with E-state index in [1.165, 1.54) is 5.56 Å². The molecule has 3 aromatic rings. The van der Waals surface area contributed by atoms with E-state index in [1.54, 1.807) is 18.2 Å². The average molecular weight is 409 g/mol. The lowest BCUT2D eigenvalue weighted by Gasteiger charge is -2.29. The van der Waals surface area contributed by atoms with Crippen molar-refractivity contribution in [2.45, 2.75) is 11.7 Å². The second-order valence-electron chi connectivity index (χ2n) is 7.32. The van der Waals surface area contributed by atoms with Gasteiger partial charge in [-0.25, -0.2) is 4.79 Å². The van der Waals surface area contributed by atoms with Crippen molar-refractivity contribution >= 4 is 28.6 Å². The van der Waals surface area contributed by atoms with Crippen molar-refractivity contribution in [3.63, 3.8) is 0 Å². The summed E-state index contributed by atoms with van der Waals surface area (Å²) in [5, 5.41) is 19.9. The molecular formula is C23H24N2O3S. The largest absolute Gasteiger partial charge is 0.508 e. The minimum atomic E-state index is -0.906.